The molecule has 0 radical (unpaired) electrons. The van der Waals surface area contributed by atoms with Crippen LogP contribution < -0.4 is 36.3 Å². The zero-order chi connectivity index (χ0) is 6.83. The van der Waals surface area contributed by atoms with Gasteiger partial charge in [0.15, 0.2) is 0 Å². The molecule has 0 atom stereocenters. The molecule has 0 rings (SSSR count). The van der Waals surface area contributed by atoms with Gasteiger partial charge in [-0.1, -0.05) is 0 Å². The maximum absolute atomic E-state index is 7.75. The molecular formula is C4H14Cl2N2O2Zn. The van der Waals surface area contributed by atoms with E-state index in [1.165, 1.54) is 0 Å². The second-order valence-electron chi connectivity index (χ2n) is 1.02. The van der Waals surface area contributed by atoms with Crippen LogP contribution >= 0.6 is 0 Å². The normalized spacial score (nSPS) is 5.45. The molecule has 68 valence electrons. The summed E-state index contributed by atoms with van der Waals surface area (Å²) in [5.41, 5.74) is 9.56. The van der Waals surface area contributed by atoms with E-state index in [1.807, 2.05) is 0 Å². The Morgan fingerprint density at radius 3 is 0.909 bits per heavy atom. The third-order valence-electron chi connectivity index (χ3n) is 0.258. The zero-order valence-electron chi connectivity index (χ0n) is 6.34. The van der Waals surface area contributed by atoms with Crippen molar-refractivity contribution in [3.8, 4) is 0 Å². The average Bonchev–Trinajstić information content (AvgIpc) is 1.88. The Morgan fingerprint density at radius 2 is 0.909 bits per heavy atom. The Bertz CT molecular complexity index is 32.1. The molecule has 0 aliphatic heterocycles. The summed E-state index contributed by atoms with van der Waals surface area (Å²) < 4.78 is 0. The Balaban J connectivity index is -0.0000000171. The molecule has 0 heterocycles. The Kier molecular flexibility index (Phi) is 118. The standard InChI is InChI=1S/2C2H7NO.2ClH.Zn/c2*3-1-2-4;;;/h2*4H,1-3H2;2*1H;/q;;;;+2/p-2. The van der Waals surface area contributed by atoms with Crippen LogP contribution in [-0.2, 0) is 19.5 Å². The molecular weight excluding hydrogens is 244 g/mol. The number of aliphatic hydroxyl groups excluding tert-OH is 2. The van der Waals surface area contributed by atoms with Gasteiger partial charge >= 0.3 is 19.5 Å². The first-order valence-electron chi connectivity index (χ1n) is 2.45. The van der Waals surface area contributed by atoms with Crippen molar-refractivity contribution in [2.24, 2.45) is 11.5 Å². The van der Waals surface area contributed by atoms with Crippen LogP contribution in [0.1, 0.15) is 0 Å². The first-order chi connectivity index (χ1) is 3.83. The van der Waals surface area contributed by atoms with Crippen molar-refractivity contribution < 1.29 is 54.5 Å². The molecule has 7 heteroatoms. The number of hydrogen-bond acceptors (Lipinski definition) is 4. The minimum Gasteiger partial charge on any atom is -1.00 e. The average molecular weight is 258 g/mol. The second kappa shape index (κ2) is 43.8. The quantitative estimate of drug-likeness (QED) is 0.370. The smallest absolute Gasteiger partial charge is 1.00 e. The van der Waals surface area contributed by atoms with E-state index in [9.17, 15) is 0 Å². The van der Waals surface area contributed by atoms with Gasteiger partial charge in [0, 0.05) is 13.1 Å². The summed E-state index contributed by atoms with van der Waals surface area (Å²) in [5.74, 6) is 0. The minimum atomic E-state index is 0. The van der Waals surface area contributed by atoms with E-state index in [2.05, 4.69) is 0 Å². The van der Waals surface area contributed by atoms with Crippen LogP contribution in [0.3, 0.4) is 0 Å². The second-order valence-corrected chi connectivity index (χ2v) is 1.02. The van der Waals surface area contributed by atoms with Gasteiger partial charge in [-0.2, -0.15) is 0 Å². The maximum Gasteiger partial charge on any atom is 2.00 e. The molecule has 0 aromatic carbocycles. The summed E-state index contributed by atoms with van der Waals surface area (Å²) in [5, 5.41) is 15.5. The van der Waals surface area contributed by atoms with Gasteiger partial charge in [-0.3, -0.25) is 0 Å². The largest absolute Gasteiger partial charge is 2.00 e. The fourth-order valence-electron chi connectivity index (χ4n) is 0. The number of halogens is 2. The van der Waals surface area contributed by atoms with Crippen LogP contribution in [0, 0.1) is 0 Å². The molecule has 0 aliphatic carbocycles. The van der Waals surface area contributed by atoms with E-state index in [0.29, 0.717) is 13.1 Å². The Labute approximate surface area is 92.3 Å². The van der Waals surface area contributed by atoms with E-state index < -0.39 is 0 Å². The van der Waals surface area contributed by atoms with Gasteiger partial charge in [0.2, 0.25) is 0 Å². The molecule has 0 aromatic heterocycles. The number of aliphatic hydroxyl groups is 2. The molecule has 4 nitrogen and oxygen atoms in total. The molecule has 0 unspecified atom stereocenters. The number of rotatable bonds is 2. The minimum absolute atomic E-state index is 0. The van der Waals surface area contributed by atoms with Crippen LogP contribution in [-0.4, -0.2) is 36.5 Å². The Morgan fingerprint density at radius 1 is 0.818 bits per heavy atom. The molecule has 0 fully saturated rings. The Hall–Kier alpha value is 1.04. The van der Waals surface area contributed by atoms with Gasteiger partial charge in [-0.25, -0.2) is 0 Å². The first-order valence-corrected chi connectivity index (χ1v) is 2.45. The van der Waals surface area contributed by atoms with Crippen LogP contribution in [0.15, 0.2) is 0 Å². The van der Waals surface area contributed by atoms with Crippen molar-refractivity contribution in [3.63, 3.8) is 0 Å². The summed E-state index contributed by atoms with van der Waals surface area (Å²) in [4.78, 5) is 0. The molecule has 0 aromatic rings. The van der Waals surface area contributed by atoms with Crippen molar-refractivity contribution in [3.05, 3.63) is 0 Å². The predicted molar refractivity (Wildman–Crippen MR) is 32.3 cm³/mol. The van der Waals surface area contributed by atoms with Crippen molar-refractivity contribution in [1.29, 1.82) is 0 Å². The van der Waals surface area contributed by atoms with Gasteiger partial charge in [0.05, 0.1) is 13.2 Å². The molecule has 0 spiro atoms. The number of nitrogens with two attached hydrogens (primary N) is 2. The third-order valence-corrected chi connectivity index (χ3v) is 0.258. The summed E-state index contributed by atoms with van der Waals surface area (Å²) >= 11 is 0. The molecule has 11 heavy (non-hydrogen) atoms. The molecule has 0 saturated carbocycles. The van der Waals surface area contributed by atoms with Gasteiger partial charge < -0.3 is 46.5 Å². The van der Waals surface area contributed by atoms with Crippen LogP contribution in [0.25, 0.3) is 0 Å². The van der Waals surface area contributed by atoms with E-state index >= 15 is 0 Å². The van der Waals surface area contributed by atoms with Gasteiger partial charge in [-0.05, 0) is 0 Å². The summed E-state index contributed by atoms with van der Waals surface area (Å²) in [7, 11) is 0. The van der Waals surface area contributed by atoms with Crippen molar-refractivity contribution in [2.45, 2.75) is 0 Å². The summed E-state index contributed by atoms with van der Waals surface area (Å²) in [6.07, 6.45) is 0. The van der Waals surface area contributed by atoms with Gasteiger partial charge in [0.25, 0.3) is 0 Å². The molecule has 6 N–H and O–H groups in total. The fourth-order valence-corrected chi connectivity index (χ4v) is 0. The van der Waals surface area contributed by atoms with E-state index in [1.54, 1.807) is 0 Å². The fraction of sp³-hybridized carbons (Fsp3) is 1.00. The first kappa shape index (κ1) is 29.6. The molecule has 0 aliphatic rings. The number of hydrogen-bond donors (Lipinski definition) is 4. The van der Waals surface area contributed by atoms with Crippen LogP contribution in [0.5, 0.6) is 0 Å². The van der Waals surface area contributed by atoms with E-state index in [-0.39, 0.29) is 57.5 Å². The predicted octanol–water partition coefficient (Wildman–Crippen LogP) is -8.12. The molecule has 0 bridgehead atoms. The third kappa shape index (κ3) is 97.5. The SMILES string of the molecule is NCCO.NCCO.[Cl-].[Cl-].[Zn+2]. The summed E-state index contributed by atoms with van der Waals surface area (Å²) in [6, 6.07) is 0. The molecule has 0 amide bonds. The van der Waals surface area contributed by atoms with Crippen LogP contribution in [0.4, 0.5) is 0 Å². The monoisotopic (exact) mass is 256 g/mol. The summed E-state index contributed by atoms with van der Waals surface area (Å²) in [6.45, 7) is 0.944. The van der Waals surface area contributed by atoms with Gasteiger partial charge in [0.1, 0.15) is 0 Å². The van der Waals surface area contributed by atoms with Crippen molar-refractivity contribution >= 4 is 0 Å². The van der Waals surface area contributed by atoms with E-state index in [0.717, 1.165) is 0 Å². The topological polar surface area (TPSA) is 92.5 Å². The molecule has 0 saturated heterocycles. The maximum atomic E-state index is 7.75. The zero-order valence-corrected chi connectivity index (χ0v) is 10.8. The van der Waals surface area contributed by atoms with Crippen LogP contribution in [0.2, 0.25) is 0 Å². The van der Waals surface area contributed by atoms with Crippen molar-refractivity contribution in [2.75, 3.05) is 26.3 Å². The van der Waals surface area contributed by atoms with Crippen molar-refractivity contribution in [1.82, 2.24) is 0 Å². The van der Waals surface area contributed by atoms with Gasteiger partial charge in [-0.15, -0.1) is 0 Å². The van der Waals surface area contributed by atoms with E-state index in [4.69, 9.17) is 21.7 Å².